The van der Waals surface area contributed by atoms with Crippen LogP contribution in [-0.4, -0.2) is 29.5 Å². The minimum Gasteiger partial charge on any atom is -0.330 e. The van der Waals surface area contributed by atoms with Crippen LogP contribution in [0, 0.1) is 11.8 Å². The molecule has 1 aromatic heterocycles. The van der Waals surface area contributed by atoms with Crippen LogP contribution < -0.4 is 5.73 Å². The highest BCUT2D eigenvalue weighted by Crippen LogP contribution is 2.25. The first-order chi connectivity index (χ1) is 7.69. The van der Waals surface area contributed by atoms with Crippen molar-refractivity contribution < 1.29 is 0 Å². The average Bonchev–Trinajstić information content (AvgIpc) is 2.67. The van der Waals surface area contributed by atoms with Gasteiger partial charge >= 0.3 is 0 Å². The molecule has 3 nitrogen and oxygen atoms in total. The second-order valence-corrected chi connectivity index (χ2v) is 6.30. The maximum atomic E-state index is 5.87. The number of rotatable bonds is 3. The zero-order chi connectivity index (χ0) is 11.5. The zero-order valence-corrected chi connectivity index (χ0v) is 11.1. The Labute approximate surface area is 106 Å². The summed E-state index contributed by atoms with van der Waals surface area (Å²) in [6, 6.07) is 0. The molecule has 2 N–H and O–H groups in total. The summed E-state index contributed by atoms with van der Waals surface area (Å²) in [4.78, 5) is 6.73. The van der Waals surface area contributed by atoms with Gasteiger partial charge in [-0.05, 0) is 31.3 Å². The Morgan fingerprint density at radius 2 is 2.50 bits per heavy atom. The molecule has 1 saturated heterocycles. The fraction of sp³-hybridized carbons (Fsp3) is 0.727. The number of hydrogen-bond donors (Lipinski definition) is 1. The quantitative estimate of drug-likeness (QED) is 0.905. The molecule has 1 aliphatic heterocycles. The number of hydrogen-bond acceptors (Lipinski definition) is 4. The van der Waals surface area contributed by atoms with E-state index in [1.165, 1.54) is 6.42 Å². The van der Waals surface area contributed by atoms with E-state index in [0.29, 0.717) is 5.92 Å². The van der Waals surface area contributed by atoms with Gasteiger partial charge in [0.2, 0.25) is 0 Å². The number of nitrogens with two attached hydrogens (primary N) is 1. The molecule has 0 spiro atoms. The van der Waals surface area contributed by atoms with Gasteiger partial charge in [-0.15, -0.1) is 11.3 Å². The van der Waals surface area contributed by atoms with E-state index in [1.807, 2.05) is 0 Å². The normalized spacial score (nSPS) is 27.2. The fourth-order valence-corrected chi connectivity index (χ4v) is 3.23. The third kappa shape index (κ3) is 2.94. The van der Waals surface area contributed by atoms with Crippen LogP contribution in [0.1, 0.15) is 18.4 Å². The summed E-state index contributed by atoms with van der Waals surface area (Å²) < 4.78 is 0.774. The maximum absolute atomic E-state index is 5.87. The standard InChI is InChI=1S/C11H18ClN3S/c1-8-2-3-15(6-9(8)4-13)7-11-14-5-10(12)16-11/h5,8-9H,2-4,6-7,13H2,1H3. The summed E-state index contributed by atoms with van der Waals surface area (Å²) in [5.41, 5.74) is 5.79. The lowest BCUT2D eigenvalue weighted by atomic mass is 9.87. The highest BCUT2D eigenvalue weighted by Gasteiger charge is 2.25. The Balaban J connectivity index is 1.91. The first kappa shape index (κ1) is 12.3. The molecule has 0 saturated carbocycles. The van der Waals surface area contributed by atoms with Gasteiger partial charge in [-0.1, -0.05) is 18.5 Å². The van der Waals surface area contributed by atoms with E-state index >= 15 is 0 Å². The lowest BCUT2D eigenvalue weighted by Gasteiger charge is -2.36. The van der Waals surface area contributed by atoms with Crippen LogP contribution in [-0.2, 0) is 6.54 Å². The van der Waals surface area contributed by atoms with Crippen LogP contribution >= 0.6 is 22.9 Å². The molecule has 0 aliphatic carbocycles. The minimum absolute atomic E-state index is 0.629. The largest absolute Gasteiger partial charge is 0.330 e. The lowest BCUT2D eigenvalue weighted by molar-refractivity contribution is 0.126. The third-order valence-electron chi connectivity index (χ3n) is 3.39. The van der Waals surface area contributed by atoms with Crippen molar-refractivity contribution in [2.24, 2.45) is 17.6 Å². The molecule has 2 atom stereocenters. The first-order valence-corrected chi connectivity index (χ1v) is 6.91. The molecule has 1 fully saturated rings. The van der Waals surface area contributed by atoms with Gasteiger partial charge in [0.15, 0.2) is 0 Å². The molecule has 2 rings (SSSR count). The second kappa shape index (κ2) is 5.45. The van der Waals surface area contributed by atoms with Gasteiger partial charge in [0.05, 0.1) is 12.7 Å². The third-order valence-corrected chi connectivity index (χ3v) is 4.48. The van der Waals surface area contributed by atoms with E-state index in [2.05, 4.69) is 16.8 Å². The maximum Gasteiger partial charge on any atom is 0.113 e. The molecule has 2 unspecified atom stereocenters. The van der Waals surface area contributed by atoms with Crippen molar-refractivity contribution in [1.82, 2.24) is 9.88 Å². The number of likely N-dealkylation sites (tertiary alicyclic amines) is 1. The van der Waals surface area contributed by atoms with Crippen LogP contribution in [0.25, 0.3) is 0 Å². The van der Waals surface area contributed by atoms with Crippen LogP contribution in [0.2, 0.25) is 4.34 Å². The number of thiazole rings is 1. The molecular formula is C11H18ClN3S. The van der Waals surface area contributed by atoms with Crippen molar-refractivity contribution in [2.45, 2.75) is 19.9 Å². The molecule has 0 radical (unpaired) electrons. The average molecular weight is 260 g/mol. The highest BCUT2D eigenvalue weighted by molar-refractivity contribution is 7.15. The molecule has 16 heavy (non-hydrogen) atoms. The number of halogens is 1. The molecule has 5 heteroatoms. The van der Waals surface area contributed by atoms with Gasteiger partial charge in [0.1, 0.15) is 9.34 Å². The Bertz CT molecular complexity index is 342. The molecule has 0 aromatic carbocycles. The van der Waals surface area contributed by atoms with Crippen molar-refractivity contribution >= 4 is 22.9 Å². The van der Waals surface area contributed by atoms with Gasteiger partial charge in [0.25, 0.3) is 0 Å². The van der Waals surface area contributed by atoms with Crippen LogP contribution in [0.5, 0.6) is 0 Å². The van der Waals surface area contributed by atoms with Crippen LogP contribution in [0.4, 0.5) is 0 Å². The summed E-state index contributed by atoms with van der Waals surface area (Å²) in [6.07, 6.45) is 2.97. The van der Waals surface area contributed by atoms with Crippen molar-refractivity contribution in [3.05, 3.63) is 15.5 Å². The topological polar surface area (TPSA) is 42.2 Å². The Morgan fingerprint density at radius 1 is 1.69 bits per heavy atom. The van der Waals surface area contributed by atoms with E-state index < -0.39 is 0 Å². The Hall–Kier alpha value is -0.160. The molecular weight excluding hydrogens is 242 g/mol. The SMILES string of the molecule is CC1CCN(Cc2ncc(Cl)s2)CC1CN. The van der Waals surface area contributed by atoms with Gasteiger partial charge in [0, 0.05) is 6.54 Å². The minimum atomic E-state index is 0.629. The van der Waals surface area contributed by atoms with E-state index in [0.717, 1.165) is 41.4 Å². The summed E-state index contributed by atoms with van der Waals surface area (Å²) in [6.45, 7) is 6.25. The van der Waals surface area contributed by atoms with E-state index in [-0.39, 0.29) is 0 Å². The summed E-state index contributed by atoms with van der Waals surface area (Å²) in [7, 11) is 0. The summed E-state index contributed by atoms with van der Waals surface area (Å²) in [5, 5.41) is 1.11. The summed E-state index contributed by atoms with van der Waals surface area (Å²) in [5.74, 6) is 1.38. The Morgan fingerprint density at radius 3 is 3.12 bits per heavy atom. The summed E-state index contributed by atoms with van der Waals surface area (Å²) >= 11 is 7.45. The van der Waals surface area contributed by atoms with Crippen LogP contribution in [0.15, 0.2) is 6.20 Å². The van der Waals surface area contributed by atoms with E-state index in [9.17, 15) is 0 Å². The molecule has 0 bridgehead atoms. The number of piperidine rings is 1. The monoisotopic (exact) mass is 259 g/mol. The predicted octanol–water partition coefficient (Wildman–Crippen LogP) is 2.21. The number of aromatic nitrogens is 1. The van der Waals surface area contributed by atoms with E-state index in [4.69, 9.17) is 17.3 Å². The van der Waals surface area contributed by atoms with Crippen molar-refractivity contribution in [2.75, 3.05) is 19.6 Å². The molecule has 2 heterocycles. The predicted molar refractivity (Wildman–Crippen MR) is 68.7 cm³/mol. The Kier molecular flexibility index (Phi) is 4.19. The zero-order valence-electron chi connectivity index (χ0n) is 9.53. The molecule has 90 valence electrons. The van der Waals surface area contributed by atoms with Gasteiger partial charge in [-0.3, -0.25) is 4.90 Å². The second-order valence-electron chi connectivity index (χ2n) is 4.55. The van der Waals surface area contributed by atoms with Crippen molar-refractivity contribution in [1.29, 1.82) is 0 Å². The smallest absolute Gasteiger partial charge is 0.113 e. The molecule has 1 aromatic rings. The highest BCUT2D eigenvalue weighted by atomic mass is 35.5. The van der Waals surface area contributed by atoms with E-state index in [1.54, 1.807) is 17.5 Å². The fourth-order valence-electron chi connectivity index (χ4n) is 2.23. The van der Waals surface area contributed by atoms with Gasteiger partial charge < -0.3 is 5.73 Å². The number of nitrogens with zero attached hydrogens (tertiary/aromatic N) is 2. The first-order valence-electron chi connectivity index (χ1n) is 5.71. The van der Waals surface area contributed by atoms with Gasteiger partial charge in [-0.25, -0.2) is 4.98 Å². The lowest BCUT2D eigenvalue weighted by Crippen LogP contribution is -2.42. The van der Waals surface area contributed by atoms with Crippen LogP contribution in [0.3, 0.4) is 0 Å². The molecule has 0 amide bonds. The van der Waals surface area contributed by atoms with Crippen molar-refractivity contribution in [3.63, 3.8) is 0 Å². The van der Waals surface area contributed by atoms with Crippen molar-refractivity contribution in [3.8, 4) is 0 Å². The molecule has 1 aliphatic rings. The van der Waals surface area contributed by atoms with Gasteiger partial charge in [-0.2, -0.15) is 0 Å².